The summed E-state index contributed by atoms with van der Waals surface area (Å²) >= 11 is 1.57. The lowest BCUT2D eigenvalue weighted by atomic mass is 9.94. The Balaban J connectivity index is 2.08. The summed E-state index contributed by atoms with van der Waals surface area (Å²) in [6.07, 6.45) is 6.47. The molecule has 0 atom stereocenters. The highest BCUT2D eigenvalue weighted by atomic mass is 32.2. The summed E-state index contributed by atoms with van der Waals surface area (Å²) in [5, 5.41) is 12.0. The number of rotatable bonds is 3. The fraction of sp³-hybridized carbons (Fsp3) is 0.583. The van der Waals surface area contributed by atoms with E-state index in [4.69, 9.17) is 10.9 Å². The third-order valence-electron chi connectivity index (χ3n) is 3.86. The number of piperidine rings is 1. The number of amidine groups is 1. The highest BCUT2D eigenvalue weighted by molar-refractivity contribution is 8.00. The van der Waals surface area contributed by atoms with Crippen LogP contribution in [0.4, 0.5) is 0 Å². The lowest BCUT2D eigenvalue weighted by Crippen LogP contribution is -2.51. The van der Waals surface area contributed by atoms with Crippen LogP contribution in [0.5, 0.6) is 0 Å². The van der Waals surface area contributed by atoms with Crippen LogP contribution >= 0.6 is 11.8 Å². The van der Waals surface area contributed by atoms with Crippen LogP contribution in [-0.4, -0.2) is 55.5 Å². The Kier molecular flexibility index (Phi) is 4.22. The average molecular weight is 297 g/mol. The van der Waals surface area contributed by atoms with Gasteiger partial charge in [-0.1, -0.05) is 5.16 Å². The minimum atomic E-state index is -0.377. The van der Waals surface area contributed by atoms with Crippen molar-refractivity contribution in [2.45, 2.75) is 17.6 Å². The van der Waals surface area contributed by atoms with Crippen molar-refractivity contribution in [3.8, 4) is 0 Å². The van der Waals surface area contributed by atoms with Crippen LogP contribution in [0, 0.1) is 0 Å². The maximum atomic E-state index is 12.4. The Morgan fingerprint density at radius 1 is 1.55 bits per heavy atom. The summed E-state index contributed by atoms with van der Waals surface area (Å²) in [7, 11) is 1.80. The second-order valence-corrected chi connectivity index (χ2v) is 6.06. The number of carbonyl (C=O) groups excluding carboxylic acids is 1. The van der Waals surface area contributed by atoms with Crippen LogP contribution < -0.4 is 5.73 Å². The number of aryl methyl sites for hydroxylation is 1. The monoisotopic (exact) mass is 297 g/mol. The number of aromatic nitrogens is 2. The summed E-state index contributed by atoms with van der Waals surface area (Å²) in [6.45, 7) is 1.17. The molecule has 0 saturated carbocycles. The molecule has 0 bridgehead atoms. The van der Waals surface area contributed by atoms with E-state index in [0.29, 0.717) is 31.6 Å². The molecule has 1 aliphatic rings. The molecule has 20 heavy (non-hydrogen) atoms. The topological polar surface area (TPSA) is 96.7 Å². The normalized spacial score (nSPS) is 19.1. The minimum absolute atomic E-state index is 0.0285. The largest absolute Gasteiger partial charge is 0.409 e. The first-order chi connectivity index (χ1) is 9.54. The summed E-state index contributed by atoms with van der Waals surface area (Å²) in [5.41, 5.74) is 6.37. The van der Waals surface area contributed by atoms with E-state index >= 15 is 0 Å². The molecule has 110 valence electrons. The van der Waals surface area contributed by atoms with Gasteiger partial charge in [-0.2, -0.15) is 11.8 Å². The predicted octanol–water partition coefficient (Wildman–Crippen LogP) is 0.504. The van der Waals surface area contributed by atoms with E-state index < -0.39 is 0 Å². The number of imidazole rings is 1. The molecule has 0 radical (unpaired) electrons. The highest BCUT2D eigenvalue weighted by Crippen LogP contribution is 2.35. The Morgan fingerprint density at radius 2 is 2.20 bits per heavy atom. The van der Waals surface area contributed by atoms with E-state index in [9.17, 15) is 4.79 Å². The van der Waals surface area contributed by atoms with Gasteiger partial charge in [0.05, 0.1) is 17.3 Å². The fourth-order valence-corrected chi connectivity index (χ4v) is 3.29. The van der Waals surface area contributed by atoms with Gasteiger partial charge in [-0.25, -0.2) is 4.98 Å². The quantitative estimate of drug-likeness (QED) is 0.366. The second-order valence-electron chi connectivity index (χ2n) is 4.87. The van der Waals surface area contributed by atoms with E-state index in [1.165, 1.54) is 0 Å². The summed E-state index contributed by atoms with van der Waals surface area (Å²) in [6, 6.07) is 0. The van der Waals surface area contributed by atoms with Crippen molar-refractivity contribution in [1.82, 2.24) is 14.5 Å². The van der Waals surface area contributed by atoms with Crippen LogP contribution in [0.25, 0.3) is 0 Å². The SMILES string of the molecule is CSC1(C(N)=NO)CCN(C(=O)c2cncn2C)CC1. The van der Waals surface area contributed by atoms with Gasteiger partial charge in [0.2, 0.25) is 0 Å². The molecule has 1 aromatic rings. The van der Waals surface area contributed by atoms with Crippen molar-refractivity contribution in [3.63, 3.8) is 0 Å². The van der Waals surface area contributed by atoms with E-state index in [1.807, 2.05) is 6.26 Å². The van der Waals surface area contributed by atoms with Crippen molar-refractivity contribution >= 4 is 23.5 Å². The fourth-order valence-electron chi connectivity index (χ4n) is 2.45. The smallest absolute Gasteiger partial charge is 0.272 e. The Hall–Kier alpha value is -1.70. The predicted molar refractivity (Wildman–Crippen MR) is 78.0 cm³/mol. The molecule has 2 heterocycles. The van der Waals surface area contributed by atoms with E-state index in [-0.39, 0.29) is 16.5 Å². The van der Waals surface area contributed by atoms with Gasteiger partial charge in [-0.3, -0.25) is 4.79 Å². The lowest BCUT2D eigenvalue weighted by molar-refractivity contribution is 0.0708. The van der Waals surface area contributed by atoms with Crippen LogP contribution in [0.1, 0.15) is 23.3 Å². The third kappa shape index (κ3) is 2.47. The Bertz CT molecular complexity index is 520. The van der Waals surface area contributed by atoms with Gasteiger partial charge < -0.3 is 20.4 Å². The molecule has 1 amide bonds. The molecule has 8 heteroatoms. The molecular weight excluding hydrogens is 278 g/mol. The van der Waals surface area contributed by atoms with Gasteiger partial charge in [0.25, 0.3) is 5.91 Å². The van der Waals surface area contributed by atoms with E-state index in [0.717, 1.165) is 0 Å². The number of likely N-dealkylation sites (tertiary alicyclic amines) is 1. The van der Waals surface area contributed by atoms with Gasteiger partial charge in [-0.05, 0) is 19.1 Å². The molecule has 7 nitrogen and oxygen atoms in total. The van der Waals surface area contributed by atoms with E-state index in [1.54, 1.807) is 40.8 Å². The minimum Gasteiger partial charge on any atom is -0.409 e. The van der Waals surface area contributed by atoms with Crippen molar-refractivity contribution in [1.29, 1.82) is 0 Å². The number of nitrogens with two attached hydrogens (primary N) is 1. The molecule has 0 spiro atoms. The van der Waals surface area contributed by atoms with Crippen LogP contribution in [-0.2, 0) is 7.05 Å². The number of oxime groups is 1. The Morgan fingerprint density at radius 3 is 2.65 bits per heavy atom. The first-order valence-electron chi connectivity index (χ1n) is 6.33. The van der Waals surface area contributed by atoms with Gasteiger partial charge in [0, 0.05) is 20.1 Å². The summed E-state index contributed by atoms with van der Waals surface area (Å²) in [4.78, 5) is 18.1. The number of hydrogen-bond acceptors (Lipinski definition) is 5. The summed E-state index contributed by atoms with van der Waals surface area (Å²) in [5.74, 6) is 0.205. The average Bonchev–Trinajstić information content (AvgIpc) is 2.91. The van der Waals surface area contributed by atoms with E-state index in [2.05, 4.69) is 10.1 Å². The van der Waals surface area contributed by atoms with Gasteiger partial charge >= 0.3 is 0 Å². The molecule has 1 aromatic heterocycles. The zero-order valence-electron chi connectivity index (χ0n) is 11.6. The zero-order valence-corrected chi connectivity index (χ0v) is 12.4. The highest BCUT2D eigenvalue weighted by Gasteiger charge is 2.39. The van der Waals surface area contributed by atoms with Gasteiger partial charge in [-0.15, -0.1) is 0 Å². The van der Waals surface area contributed by atoms with Crippen molar-refractivity contribution in [3.05, 3.63) is 18.2 Å². The molecule has 1 fully saturated rings. The first-order valence-corrected chi connectivity index (χ1v) is 7.55. The van der Waals surface area contributed by atoms with Crippen molar-refractivity contribution < 1.29 is 10.0 Å². The number of thioether (sulfide) groups is 1. The lowest BCUT2D eigenvalue weighted by Gasteiger charge is -2.39. The van der Waals surface area contributed by atoms with Gasteiger partial charge in [0.1, 0.15) is 5.69 Å². The maximum Gasteiger partial charge on any atom is 0.272 e. The van der Waals surface area contributed by atoms with Crippen LogP contribution in [0.15, 0.2) is 17.7 Å². The Labute approximate surface area is 121 Å². The van der Waals surface area contributed by atoms with Gasteiger partial charge in [0.15, 0.2) is 5.84 Å². The molecule has 0 unspecified atom stereocenters. The molecule has 0 aliphatic carbocycles. The second kappa shape index (κ2) is 5.74. The first kappa shape index (κ1) is 14.7. The number of hydrogen-bond donors (Lipinski definition) is 2. The molecule has 3 N–H and O–H groups in total. The number of amides is 1. The molecule has 1 aliphatic heterocycles. The number of nitrogens with zero attached hydrogens (tertiary/aromatic N) is 4. The third-order valence-corrected chi connectivity index (χ3v) is 5.26. The molecule has 1 saturated heterocycles. The molecule has 0 aromatic carbocycles. The molecule has 2 rings (SSSR count). The van der Waals surface area contributed by atoms with Crippen LogP contribution in [0.2, 0.25) is 0 Å². The maximum absolute atomic E-state index is 12.4. The summed E-state index contributed by atoms with van der Waals surface area (Å²) < 4.78 is 1.33. The standard InChI is InChI=1S/C12H19N5O2S/c1-16-8-14-7-9(16)10(18)17-5-3-12(20-2,4-6-17)11(13)15-19/h7-8,19H,3-6H2,1-2H3,(H2,13,15). The number of carbonyl (C=O) groups is 1. The molecular formula is C12H19N5O2S. The van der Waals surface area contributed by atoms with Crippen molar-refractivity contribution in [2.75, 3.05) is 19.3 Å². The van der Waals surface area contributed by atoms with Crippen LogP contribution in [0.3, 0.4) is 0 Å². The zero-order chi connectivity index (χ0) is 14.8. The van der Waals surface area contributed by atoms with Crippen molar-refractivity contribution in [2.24, 2.45) is 17.9 Å².